The molecule has 1 aromatic carbocycles. The predicted octanol–water partition coefficient (Wildman–Crippen LogP) is 3.77. The maximum absolute atomic E-state index is 12.9. The van der Waals surface area contributed by atoms with Gasteiger partial charge in [-0.1, -0.05) is 29.3 Å². The molecule has 2 aromatic rings. The van der Waals surface area contributed by atoms with Gasteiger partial charge in [-0.25, -0.2) is 4.39 Å². The maximum Gasteiger partial charge on any atom is 0.124 e. The van der Waals surface area contributed by atoms with Gasteiger partial charge in [0, 0.05) is 11.2 Å². The van der Waals surface area contributed by atoms with E-state index >= 15 is 0 Å². The van der Waals surface area contributed by atoms with Crippen LogP contribution in [0.4, 0.5) is 4.39 Å². The standard InChI is InChI=1S/C13H11Cl2FN2/c14-10-2-1-5-18-13(10)12(17)6-8-3-4-9(16)7-11(8)15/h1-5,7,12H,6,17H2. The van der Waals surface area contributed by atoms with Crippen LogP contribution in [0.2, 0.25) is 10.0 Å². The molecule has 0 radical (unpaired) electrons. The van der Waals surface area contributed by atoms with Crippen molar-refractivity contribution in [1.29, 1.82) is 0 Å². The van der Waals surface area contributed by atoms with E-state index in [9.17, 15) is 4.39 Å². The smallest absolute Gasteiger partial charge is 0.124 e. The first-order valence-corrected chi connectivity index (χ1v) is 6.13. The zero-order chi connectivity index (χ0) is 13.1. The lowest BCUT2D eigenvalue weighted by atomic mass is 10.0. The summed E-state index contributed by atoms with van der Waals surface area (Å²) in [4.78, 5) is 4.15. The molecule has 0 amide bonds. The van der Waals surface area contributed by atoms with Crippen molar-refractivity contribution in [2.75, 3.05) is 0 Å². The fourth-order valence-electron chi connectivity index (χ4n) is 1.69. The first kappa shape index (κ1) is 13.3. The first-order chi connectivity index (χ1) is 8.58. The van der Waals surface area contributed by atoms with Crippen LogP contribution >= 0.6 is 23.2 Å². The summed E-state index contributed by atoms with van der Waals surface area (Å²) in [6.07, 6.45) is 2.09. The summed E-state index contributed by atoms with van der Waals surface area (Å²) in [5.41, 5.74) is 7.42. The van der Waals surface area contributed by atoms with Gasteiger partial charge < -0.3 is 5.73 Å². The fourth-order valence-corrected chi connectivity index (χ4v) is 2.20. The van der Waals surface area contributed by atoms with Gasteiger partial charge in [0.15, 0.2) is 0 Å². The molecule has 18 heavy (non-hydrogen) atoms. The minimum absolute atomic E-state index is 0.359. The molecule has 0 fully saturated rings. The molecular weight excluding hydrogens is 274 g/mol. The molecule has 0 spiro atoms. The molecule has 0 bridgehead atoms. The van der Waals surface area contributed by atoms with Crippen molar-refractivity contribution in [3.05, 3.63) is 63.6 Å². The van der Waals surface area contributed by atoms with Gasteiger partial charge in [-0.3, -0.25) is 4.98 Å². The van der Waals surface area contributed by atoms with Gasteiger partial charge in [0.05, 0.1) is 16.8 Å². The Labute approximate surface area is 115 Å². The molecule has 0 saturated carbocycles. The number of hydrogen-bond acceptors (Lipinski definition) is 2. The highest BCUT2D eigenvalue weighted by Crippen LogP contribution is 2.25. The van der Waals surface area contributed by atoms with Crippen molar-refractivity contribution in [2.24, 2.45) is 5.73 Å². The van der Waals surface area contributed by atoms with Crippen molar-refractivity contribution in [2.45, 2.75) is 12.5 Å². The van der Waals surface area contributed by atoms with Crippen LogP contribution in [0.5, 0.6) is 0 Å². The normalized spacial score (nSPS) is 12.4. The third-order valence-corrected chi connectivity index (χ3v) is 3.26. The molecular formula is C13H11Cl2FN2. The Balaban J connectivity index is 2.21. The van der Waals surface area contributed by atoms with E-state index < -0.39 is 0 Å². The van der Waals surface area contributed by atoms with Gasteiger partial charge in [0.2, 0.25) is 0 Å². The van der Waals surface area contributed by atoms with E-state index in [2.05, 4.69) is 4.98 Å². The zero-order valence-corrected chi connectivity index (χ0v) is 10.9. The number of pyridine rings is 1. The SMILES string of the molecule is NC(Cc1ccc(F)cc1Cl)c1ncccc1Cl. The summed E-state index contributed by atoms with van der Waals surface area (Å²) in [7, 11) is 0. The van der Waals surface area contributed by atoms with Crippen LogP contribution in [0.3, 0.4) is 0 Å². The van der Waals surface area contributed by atoms with Crippen molar-refractivity contribution >= 4 is 23.2 Å². The van der Waals surface area contributed by atoms with Crippen molar-refractivity contribution in [3.63, 3.8) is 0 Å². The van der Waals surface area contributed by atoms with E-state index in [1.807, 2.05) is 0 Å². The van der Waals surface area contributed by atoms with Gasteiger partial charge in [0.25, 0.3) is 0 Å². The average Bonchev–Trinajstić information content (AvgIpc) is 2.33. The maximum atomic E-state index is 12.9. The predicted molar refractivity (Wildman–Crippen MR) is 71.3 cm³/mol. The van der Waals surface area contributed by atoms with Crippen LogP contribution in [0.25, 0.3) is 0 Å². The minimum atomic E-state index is -0.373. The summed E-state index contributed by atoms with van der Waals surface area (Å²) in [6, 6.07) is 7.34. The van der Waals surface area contributed by atoms with E-state index in [1.165, 1.54) is 12.1 Å². The topological polar surface area (TPSA) is 38.9 Å². The first-order valence-electron chi connectivity index (χ1n) is 5.38. The average molecular weight is 285 g/mol. The monoisotopic (exact) mass is 284 g/mol. The summed E-state index contributed by atoms with van der Waals surface area (Å²) < 4.78 is 12.9. The highest BCUT2D eigenvalue weighted by molar-refractivity contribution is 6.31. The number of nitrogens with two attached hydrogens (primary N) is 1. The fraction of sp³-hybridized carbons (Fsp3) is 0.154. The van der Waals surface area contributed by atoms with Crippen LogP contribution < -0.4 is 5.73 Å². The minimum Gasteiger partial charge on any atom is -0.322 e. The number of aromatic nitrogens is 1. The highest BCUT2D eigenvalue weighted by atomic mass is 35.5. The lowest BCUT2D eigenvalue weighted by Crippen LogP contribution is -2.15. The molecule has 2 N–H and O–H groups in total. The molecule has 1 atom stereocenters. The Morgan fingerprint density at radius 2 is 2.00 bits per heavy atom. The number of rotatable bonds is 3. The second-order valence-electron chi connectivity index (χ2n) is 3.92. The summed E-state index contributed by atoms with van der Waals surface area (Å²) >= 11 is 12.0. The summed E-state index contributed by atoms with van der Waals surface area (Å²) in [6.45, 7) is 0. The van der Waals surface area contributed by atoms with Crippen LogP contribution in [0.1, 0.15) is 17.3 Å². The molecule has 1 unspecified atom stereocenters. The van der Waals surface area contributed by atoms with Gasteiger partial charge in [0.1, 0.15) is 5.82 Å². The Kier molecular flexibility index (Phi) is 4.17. The van der Waals surface area contributed by atoms with Crippen molar-refractivity contribution in [3.8, 4) is 0 Å². The second kappa shape index (κ2) is 5.65. The molecule has 0 aliphatic carbocycles. The largest absolute Gasteiger partial charge is 0.322 e. The Morgan fingerprint density at radius 3 is 2.67 bits per heavy atom. The number of benzene rings is 1. The van der Waals surface area contributed by atoms with Crippen LogP contribution in [-0.4, -0.2) is 4.98 Å². The van der Waals surface area contributed by atoms with Crippen molar-refractivity contribution in [1.82, 2.24) is 4.98 Å². The third-order valence-electron chi connectivity index (χ3n) is 2.59. The lowest BCUT2D eigenvalue weighted by Gasteiger charge is -2.13. The molecule has 0 aliphatic heterocycles. The number of halogens is 3. The molecule has 1 heterocycles. The van der Waals surface area contributed by atoms with Gasteiger partial charge in [-0.2, -0.15) is 0 Å². The molecule has 1 aromatic heterocycles. The van der Waals surface area contributed by atoms with Crippen molar-refractivity contribution < 1.29 is 4.39 Å². The summed E-state index contributed by atoms with van der Waals surface area (Å²) in [5, 5.41) is 0.876. The van der Waals surface area contributed by atoms with E-state index in [0.29, 0.717) is 22.2 Å². The van der Waals surface area contributed by atoms with E-state index in [4.69, 9.17) is 28.9 Å². The van der Waals surface area contributed by atoms with Gasteiger partial charge >= 0.3 is 0 Å². The molecule has 2 nitrogen and oxygen atoms in total. The molecule has 2 rings (SSSR count). The second-order valence-corrected chi connectivity index (χ2v) is 4.73. The van der Waals surface area contributed by atoms with Crippen LogP contribution in [0.15, 0.2) is 36.5 Å². The number of nitrogens with zero attached hydrogens (tertiary/aromatic N) is 1. The van der Waals surface area contributed by atoms with Gasteiger partial charge in [-0.15, -0.1) is 0 Å². The Hall–Kier alpha value is -1.16. The third kappa shape index (κ3) is 2.99. The summed E-state index contributed by atoms with van der Waals surface area (Å²) in [5.74, 6) is -0.367. The van der Waals surface area contributed by atoms with E-state index in [-0.39, 0.29) is 11.9 Å². The Bertz CT molecular complexity index is 560. The molecule has 0 aliphatic rings. The lowest BCUT2D eigenvalue weighted by molar-refractivity contribution is 0.625. The molecule has 5 heteroatoms. The quantitative estimate of drug-likeness (QED) is 0.932. The molecule has 0 saturated heterocycles. The van der Waals surface area contributed by atoms with Crippen LogP contribution in [0, 0.1) is 5.82 Å². The van der Waals surface area contributed by atoms with Crippen LogP contribution in [-0.2, 0) is 6.42 Å². The van der Waals surface area contributed by atoms with E-state index in [1.54, 1.807) is 24.4 Å². The van der Waals surface area contributed by atoms with Gasteiger partial charge in [-0.05, 0) is 36.2 Å². The zero-order valence-electron chi connectivity index (χ0n) is 9.41. The van der Waals surface area contributed by atoms with E-state index in [0.717, 1.165) is 5.56 Å². The molecule has 94 valence electrons. The highest BCUT2D eigenvalue weighted by Gasteiger charge is 2.14. The Morgan fingerprint density at radius 1 is 1.22 bits per heavy atom. The number of hydrogen-bond donors (Lipinski definition) is 1.